The van der Waals surface area contributed by atoms with Gasteiger partial charge in [0.25, 0.3) is 0 Å². The van der Waals surface area contributed by atoms with Crippen molar-refractivity contribution in [2.75, 3.05) is 6.54 Å². The molecule has 4 atom stereocenters. The van der Waals surface area contributed by atoms with Crippen molar-refractivity contribution in [1.82, 2.24) is 14.9 Å². The fourth-order valence-electron chi connectivity index (χ4n) is 5.36. The Morgan fingerprint density at radius 3 is 2.12 bits per heavy atom. The molecule has 40 heavy (non-hydrogen) atoms. The minimum Gasteiger partial charge on any atom is -0.368 e. The van der Waals surface area contributed by atoms with Crippen LogP contribution >= 0.6 is 0 Å². The number of carbonyl (C=O) groups excluding carboxylic acids is 1. The molecule has 1 aromatic heterocycles. The molecular weight excluding hydrogens is 543 g/mol. The zero-order valence-corrected chi connectivity index (χ0v) is 20.9. The first-order valence-electron chi connectivity index (χ1n) is 12.3. The van der Waals surface area contributed by atoms with E-state index in [-0.39, 0.29) is 24.1 Å². The summed E-state index contributed by atoms with van der Waals surface area (Å²) in [5, 5.41) is 0. The summed E-state index contributed by atoms with van der Waals surface area (Å²) in [5.41, 5.74) is -1.28. The largest absolute Gasteiger partial charge is 0.416 e. The molecular formula is C28H22F7N3O2. The van der Waals surface area contributed by atoms with Crippen molar-refractivity contribution in [2.24, 2.45) is 0 Å². The lowest BCUT2D eigenvalue weighted by Crippen LogP contribution is -2.39. The fourth-order valence-corrected chi connectivity index (χ4v) is 5.36. The average molecular weight is 565 g/mol. The minimum atomic E-state index is -5.00. The van der Waals surface area contributed by atoms with Gasteiger partial charge >= 0.3 is 12.4 Å². The van der Waals surface area contributed by atoms with Crippen molar-refractivity contribution in [3.8, 4) is 0 Å². The Kier molecular flexibility index (Phi) is 7.15. The normalized spacial score (nSPS) is 22.2. The van der Waals surface area contributed by atoms with Crippen LogP contribution in [0.4, 0.5) is 30.7 Å². The summed E-state index contributed by atoms with van der Waals surface area (Å²) >= 11 is 0. The fraction of sp³-hybridized carbons (Fsp3) is 0.321. The molecule has 2 unspecified atom stereocenters. The van der Waals surface area contributed by atoms with Crippen LogP contribution in [0.25, 0.3) is 5.57 Å². The van der Waals surface area contributed by atoms with Crippen LogP contribution in [-0.4, -0.2) is 39.5 Å². The van der Waals surface area contributed by atoms with E-state index in [1.165, 1.54) is 43.6 Å². The van der Waals surface area contributed by atoms with Crippen molar-refractivity contribution in [1.29, 1.82) is 0 Å². The minimum absolute atomic E-state index is 0.0377. The molecule has 0 saturated carbocycles. The van der Waals surface area contributed by atoms with Gasteiger partial charge in [0.2, 0.25) is 5.91 Å². The molecule has 0 N–H and O–H groups in total. The molecule has 0 bridgehead atoms. The summed E-state index contributed by atoms with van der Waals surface area (Å²) in [6.45, 7) is 1.40. The van der Waals surface area contributed by atoms with E-state index in [0.717, 1.165) is 0 Å². The molecule has 2 aliphatic heterocycles. The lowest BCUT2D eigenvalue weighted by atomic mass is 9.84. The number of amides is 1. The van der Waals surface area contributed by atoms with Crippen molar-refractivity contribution in [3.63, 3.8) is 0 Å². The van der Waals surface area contributed by atoms with Crippen LogP contribution in [0.1, 0.15) is 53.2 Å². The van der Waals surface area contributed by atoms with Gasteiger partial charge in [0.1, 0.15) is 12.1 Å². The number of aromatic nitrogens is 2. The number of rotatable bonds is 5. The number of nitrogens with zero attached hydrogens (tertiary/aromatic N) is 3. The second-order valence-corrected chi connectivity index (χ2v) is 9.79. The predicted octanol–water partition coefficient (Wildman–Crippen LogP) is 6.58. The van der Waals surface area contributed by atoms with E-state index < -0.39 is 53.5 Å². The molecule has 3 aromatic rings. The summed E-state index contributed by atoms with van der Waals surface area (Å²) in [4.78, 5) is 22.7. The quantitative estimate of drug-likeness (QED) is 0.328. The number of hydrogen-bond donors (Lipinski definition) is 0. The highest BCUT2D eigenvalue weighted by Gasteiger charge is 2.48. The number of halogens is 7. The molecule has 0 spiro atoms. The van der Waals surface area contributed by atoms with Gasteiger partial charge in [-0.05, 0) is 60.4 Å². The van der Waals surface area contributed by atoms with Crippen LogP contribution in [0.2, 0.25) is 0 Å². The van der Waals surface area contributed by atoms with Crippen molar-refractivity contribution >= 4 is 11.5 Å². The van der Waals surface area contributed by atoms with E-state index in [0.29, 0.717) is 35.3 Å². The van der Waals surface area contributed by atoms with E-state index in [9.17, 15) is 35.5 Å². The highest BCUT2D eigenvalue weighted by atomic mass is 19.4. The van der Waals surface area contributed by atoms with E-state index in [4.69, 9.17) is 4.74 Å². The third-order valence-electron chi connectivity index (χ3n) is 7.25. The Balaban J connectivity index is 1.49. The SMILES string of the molecule is C[C@@H](OC1CN2C(=O)C=C(c3cncnc3)CC2[C@@H]1c1ccc(F)cc1)c1cc(C(F)(F)F)cc(C(F)(F)F)c1. The number of alkyl halides is 6. The number of carbonyl (C=O) groups is 1. The number of hydrogen-bond acceptors (Lipinski definition) is 4. The molecule has 1 saturated heterocycles. The van der Waals surface area contributed by atoms with Crippen molar-refractivity contribution < 1.29 is 40.3 Å². The van der Waals surface area contributed by atoms with Crippen LogP contribution in [0.3, 0.4) is 0 Å². The predicted molar refractivity (Wildman–Crippen MR) is 129 cm³/mol. The van der Waals surface area contributed by atoms with Crippen LogP contribution < -0.4 is 0 Å². The van der Waals surface area contributed by atoms with E-state index in [1.807, 2.05) is 0 Å². The van der Waals surface area contributed by atoms with Gasteiger partial charge < -0.3 is 9.64 Å². The molecule has 5 nitrogen and oxygen atoms in total. The van der Waals surface area contributed by atoms with Gasteiger partial charge in [-0.3, -0.25) is 4.79 Å². The number of fused-ring (bicyclic) bond motifs is 1. The Morgan fingerprint density at radius 2 is 1.55 bits per heavy atom. The second-order valence-electron chi connectivity index (χ2n) is 9.79. The van der Waals surface area contributed by atoms with Crippen LogP contribution in [0.15, 0.2) is 67.3 Å². The maximum atomic E-state index is 13.7. The molecule has 0 radical (unpaired) electrons. The maximum absolute atomic E-state index is 13.7. The highest BCUT2D eigenvalue weighted by Crippen LogP contribution is 2.45. The van der Waals surface area contributed by atoms with Crippen molar-refractivity contribution in [3.05, 3.63) is 101 Å². The Hall–Kier alpha value is -3.80. The molecule has 5 rings (SSSR count). The average Bonchev–Trinajstić information content (AvgIpc) is 3.26. The van der Waals surface area contributed by atoms with Gasteiger partial charge in [-0.25, -0.2) is 14.4 Å². The second kappa shape index (κ2) is 10.3. The molecule has 0 aliphatic carbocycles. The first-order chi connectivity index (χ1) is 18.8. The lowest BCUT2D eigenvalue weighted by Gasteiger charge is -2.32. The Bertz CT molecular complexity index is 1390. The summed E-state index contributed by atoms with van der Waals surface area (Å²) in [6, 6.07) is 6.41. The number of benzene rings is 2. The maximum Gasteiger partial charge on any atom is 0.416 e. The van der Waals surface area contributed by atoms with Gasteiger partial charge in [0.05, 0.1) is 23.3 Å². The van der Waals surface area contributed by atoms with Gasteiger partial charge in [-0.1, -0.05) is 12.1 Å². The molecule has 1 fully saturated rings. The first kappa shape index (κ1) is 27.8. The highest BCUT2D eigenvalue weighted by molar-refractivity contribution is 5.97. The summed E-state index contributed by atoms with van der Waals surface area (Å²) in [6.07, 6.45) is -5.73. The topological polar surface area (TPSA) is 55.3 Å². The van der Waals surface area contributed by atoms with E-state index in [1.54, 1.807) is 17.3 Å². The van der Waals surface area contributed by atoms with E-state index in [2.05, 4.69) is 9.97 Å². The first-order valence-corrected chi connectivity index (χ1v) is 12.3. The van der Waals surface area contributed by atoms with Gasteiger partial charge in [-0.15, -0.1) is 0 Å². The van der Waals surface area contributed by atoms with Gasteiger partial charge in [0.15, 0.2) is 0 Å². The van der Waals surface area contributed by atoms with Crippen LogP contribution in [-0.2, 0) is 21.9 Å². The molecule has 12 heteroatoms. The summed E-state index contributed by atoms with van der Waals surface area (Å²) < 4.78 is 101. The zero-order valence-electron chi connectivity index (χ0n) is 20.9. The molecule has 1 amide bonds. The summed E-state index contributed by atoms with van der Waals surface area (Å²) in [5.74, 6) is -1.37. The molecule has 2 aliphatic rings. The third-order valence-corrected chi connectivity index (χ3v) is 7.25. The van der Waals surface area contributed by atoms with E-state index >= 15 is 0 Å². The third kappa shape index (κ3) is 5.58. The smallest absolute Gasteiger partial charge is 0.368 e. The molecule has 210 valence electrons. The van der Waals surface area contributed by atoms with Crippen molar-refractivity contribution in [2.45, 2.75) is 49.9 Å². The zero-order chi connectivity index (χ0) is 28.8. The number of ether oxygens (including phenoxy) is 1. The monoisotopic (exact) mass is 565 g/mol. The van der Waals surface area contributed by atoms with Crippen LogP contribution in [0, 0.1) is 5.82 Å². The molecule has 2 aromatic carbocycles. The van der Waals surface area contributed by atoms with Gasteiger partial charge in [0, 0.05) is 42.5 Å². The van der Waals surface area contributed by atoms with Crippen LogP contribution in [0.5, 0.6) is 0 Å². The standard InChI is InChI=1S/C28H22F7N3O2/c1-15(17-6-20(27(30,31)32)10-21(7-17)28(33,34)35)40-24-13-38-23(26(24)16-2-4-22(29)5-3-16)8-18(9-25(38)39)19-11-36-14-37-12-19/h2-7,9-12,14-15,23-24,26H,8,13H2,1H3/t15-,23?,24?,26+/m1/s1. The van der Waals surface area contributed by atoms with Gasteiger partial charge in [-0.2, -0.15) is 26.3 Å². The molecule has 3 heterocycles. The lowest BCUT2D eigenvalue weighted by molar-refractivity contribution is -0.143. The Labute approximate surface area is 224 Å². The Morgan fingerprint density at radius 1 is 0.950 bits per heavy atom. The summed E-state index contributed by atoms with van der Waals surface area (Å²) in [7, 11) is 0.